The van der Waals surface area contributed by atoms with Gasteiger partial charge in [0, 0.05) is 17.8 Å². The van der Waals surface area contributed by atoms with Crippen LogP contribution < -0.4 is 15.5 Å². The first-order chi connectivity index (χ1) is 15.4. The summed E-state index contributed by atoms with van der Waals surface area (Å²) in [6.07, 6.45) is 1.42. The Morgan fingerprint density at radius 1 is 1.06 bits per heavy atom. The molecular formula is C23H20N4O5. The number of nitro benzene ring substituents is 1. The number of aryl methyl sites for hydroxylation is 1. The van der Waals surface area contributed by atoms with Gasteiger partial charge in [-0.2, -0.15) is 5.10 Å². The number of nitrogens with one attached hydrogen (secondary N) is 2. The highest BCUT2D eigenvalue weighted by atomic mass is 16.6. The summed E-state index contributed by atoms with van der Waals surface area (Å²) in [6, 6.07) is 19.3. The zero-order chi connectivity index (χ0) is 22.9. The predicted molar refractivity (Wildman–Crippen MR) is 120 cm³/mol. The minimum Gasteiger partial charge on any atom is -0.423 e. The second-order valence-electron chi connectivity index (χ2n) is 6.78. The lowest BCUT2D eigenvalue weighted by atomic mass is 10.2. The number of anilines is 1. The molecule has 3 rings (SSSR count). The van der Waals surface area contributed by atoms with E-state index in [-0.39, 0.29) is 29.5 Å². The molecule has 0 aliphatic carbocycles. The standard InChI is InChI=1S/C23H20N4O5/c1-16-4-2-6-19(12-16)24-15-22(28)26-25-14-17-5-3-7-21(13-17)32-23(29)18-8-10-20(11-9-18)27(30)31/h2-14,24H,15H2,1H3,(H,26,28). The maximum absolute atomic E-state index is 12.2. The van der Waals surface area contributed by atoms with Crippen LogP contribution in [0.5, 0.6) is 5.75 Å². The van der Waals surface area contributed by atoms with E-state index in [1.54, 1.807) is 24.3 Å². The van der Waals surface area contributed by atoms with E-state index < -0.39 is 10.9 Å². The molecule has 0 aliphatic heterocycles. The topological polar surface area (TPSA) is 123 Å². The number of non-ortho nitro benzene ring substituents is 1. The van der Waals surface area contributed by atoms with Crippen LogP contribution in [0.1, 0.15) is 21.5 Å². The fourth-order valence-corrected chi connectivity index (χ4v) is 2.70. The fourth-order valence-electron chi connectivity index (χ4n) is 2.70. The summed E-state index contributed by atoms with van der Waals surface area (Å²) in [5.41, 5.74) is 5.02. The summed E-state index contributed by atoms with van der Waals surface area (Å²) >= 11 is 0. The van der Waals surface area contributed by atoms with E-state index in [0.717, 1.165) is 11.3 Å². The third kappa shape index (κ3) is 6.49. The van der Waals surface area contributed by atoms with Gasteiger partial charge in [-0.25, -0.2) is 10.2 Å². The zero-order valence-electron chi connectivity index (χ0n) is 17.1. The van der Waals surface area contributed by atoms with Gasteiger partial charge in [-0.15, -0.1) is 0 Å². The number of benzene rings is 3. The monoisotopic (exact) mass is 432 g/mol. The molecule has 0 bridgehead atoms. The van der Waals surface area contributed by atoms with Gasteiger partial charge in [0.2, 0.25) is 0 Å². The summed E-state index contributed by atoms with van der Waals surface area (Å²) in [7, 11) is 0. The smallest absolute Gasteiger partial charge is 0.343 e. The molecule has 0 unspecified atom stereocenters. The molecule has 0 spiro atoms. The number of nitrogens with zero attached hydrogens (tertiary/aromatic N) is 2. The maximum Gasteiger partial charge on any atom is 0.343 e. The van der Waals surface area contributed by atoms with Gasteiger partial charge in [-0.05, 0) is 54.4 Å². The average molecular weight is 432 g/mol. The van der Waals surface area contributed by atoms with E-state index in [2.05, 4.69) is 15.8 Å². The van der Waals surface area contributed by atoms with Crippen LogP contribution >= 0.6 is 0 Å². The number of carbonyl (C=O) groups excluding carboxylic acids is 2. The van der Waals surface area contributed by atoms with E-state index in [1.165, 1.54) is 30.5 Å². The first kappa shape index (κ1) is 22.2. The van der Waals surface area contributed by atoms with Crippen LogP contribution in [0.15, 0.2) is 77.9 Å². The van der Waals surface area contributed by atoms with Crippen LogP contribution in [0.2, 0.25) is 0 Å². The third-order valence-corrected chi connectivity index (χ3v) is 4.26. The molecule has 0 fully saturated rings. The van der Waals surface area contributed by atoms with Crippen molar-refractivity contribution in [2.24, 2.45) is 5.10 Å². The lowest BCUT2D eigenvalue weighted by molar-refractivity contribution is -0.384. The molecule has 0 aliphatic rings. The van der Waals surface area contributed by atoms with Gasteiger partial charge < -0.3 is 10.1 Å². The molecule has 32 heavy (non-hydrogen) atoms. The maximum atomic E-state index is 12.2. The molecule has 0 saturated carbocycles. The molecule has 3 aromatic rings. The van der Waals surface area contributed by atoms with Gasteiger partial charge in [0.05, 0.1) is 23.2 Å². The van der Waals surface area contributed by atoms with Crippen LogP contribution in [0.4, 0.5) is 11.4 Å². The Balaban J connectivity index is 1.52. The number of nitro groups is 1. The van der Waals surface area contributed by atoms with Crippen molar-refractivity contribution in [2.75, 3.05) is 11.9 Å². The SMILES string of the molecule is Cc1cccc(NCC(=O)NN=Cc2cccc(OC(=O)c3ccc([N+](=O)[O-])cc3)c2)c1. The number of carbonyl (C=O) groups is 2. The minimum absolute atomic E-state index is 0.0632. The van der Waals surface area contributed by atoms with Crippen LogP contribution in [0, 0.1) is 17.0 Å². The van der Waals surface area contributed by atoms with Gasteiger partial charge in [-0.1, -0.05) is 24.3 Å². The Bertz CT molecular complexity index is 1160. The molecule has 3 aromatic carbocycles. The Labute approximate surface area is 183 Å². The number of rotatable bonds is 8. The van der Waals surface area contributed by atoms with Crippen LogP contribution in [0.3, 0.4) is 0 Å². The molecule has 0 radical (unpaired) electrons. The highest BCUT2D eigenvalue weighted by Gasteiger charge is 2.11. The molecule has 0 saturated heterocycles. The molecule has 0 atom stereocenters. The number of hydrogen-bond donors (Lipinski definition) is 2. The summed E-state index contributed by atoms with van der Waals surface area (Å²) in [5.74, 6) is -0.697. The van der Waals surface area contributed by atoms with Crippen LogP contribution in [-0.2, 0) is 4.79 Å². The van der Waals surface area contributed by atoms with E-state index in [1.807, 2.05) is 31.2 Å². The second-order valence-corrected chi connectivity index (χ2v) is 6.78. The Morgan fingerprint density at radius 3 is 2.53 bits per heavy atom. The highest BCUT2D eigenvalue weighted by Crippen LogP contribution is 2.17. The van der Waals surface area contributed by atoms with Crippen LogP contribution in [-0.4, -0.2) is 29.6 Å². The number of hydrazone groups is 1. The van der Waals surface area contributed by atoms with Crippen molar-refractivity contribution < 1.29 is 19.2 Å². The Hall–Kier alpha value is -4.53. The quantitative estimate of drug-likeness (QED) is 0.184. The number of hydrogen-bond acceptors (Lipinski definition) is 7. The summed E-state index contributed by atoms with van der Waals surface area (Å²) in [4.78, 5) is 34.3. The number of ether oxygens (including phenoxy) is 1. The summed E-state index contributed by atoms with van der Waals surface area (Å²) in [6.45, 7) is 2.03. The molecule has 162 valence electrons. The average Bonchev–Trinajstić information content (AvgIpc) is 2.78. The number of amides is 1. The minimum atomic E-state index is -0.649. The third-order valence-electron chi connectivity index (χ3n) is 4.26. The van der Waals surface area contributed by atoms with Crippen molar-refractivity contribution >= 4 is 29.5 Å². The van der Waals surface area contributed by atoms with Crippen molar-refractivity contribution in [1.82, 2.24) is 5.43 Å². The molecule has 1 amide bonds. The van der Waals surface area contributed by atoms with Crippen LogP contribution in [0.25, 0.3) is 0 Å². The van der Waals surface area contributed by atoms with Gasteiger partial charge >= 0.3 is 5.97 Å². The number of esters is 1. The fraction of sp³-hybridized carbons (Fsp3) is 0.0870. The normalized spacial score (nSPS) is 10.5. The summed E-state index contributed by atoms with van der Waals surface area (Å²) < 4.78 is 5.30. The molecule has 2 N–H and O–H groups in total. The predicted octanol–water partition coefficient (Wildman–Crippen LogP) is 3.68. The van der Waals surface area contributed by atoms with Crippen molar-refractivity contribution in [3.05, 3.63) is 99.6 Å². The van der Waals surface area contributed by atoms with E-state index in [9.17, 15) is 19.7 Å². The zero-order valence-corrected chi connectivity index (χ0v) is 17.1. The van der Waals surface area contributed by atoms with Gasteiger partial charge in [0.25, 0.3) is 11.6 Å². The molecule has 9 heteroatoms. The van der Waals surface area contributed by atoms with E-state index in [4.69, 9.17) is 4.74 Å². The molecule has 0 heterocycles. The van der Waals surface area contributed by atoms with Gasteiger partial charge in [0.15, 0.2) is 0 Å². The molecular weight excluding hydrogens is 412 g/mol. The van der Waals surface area contributed by atoms with E-state index >= 15 is 0 Å². The van der Waals surface area contributed by atoms with E-state index in [0.29, 0.717) is 5.56 Å². The second kappa shape index (κ2) is 10.5. The van der Waals surface area contributed by atoms with Crippen molar-refractivity contribution in [3.8, 4) is 5.75 Å². The lowest BCUT2D eigenvalue weighted by Gasteiger charge is -2.06. The van der Waals surface area contributed by atoms with Crippen molar-refractivity contribution in [3.63, 3.8) is 0 Å². The Kier molecular flexibility index (Phi) is 7.26. The first-order valence-corrected chi connectivity index (χ1v) is 9.60. The Morgan fingerprint density at radius 2 is 1.81 bits per heavy atom. The van der Waals surface area contributed by atoms with Crippen molar-refractivity contribution in [2.45, 2.75) is 6.92 Å². The molecule has 9 nitrogen and oxygen atoms in total. The largest absolute Gasteiger partial charge is 0.423 e. The first-order valence-electron chi connectivity index (χ1n) is 9.60. The van der Waals surface area contributed by atoms with Gasteiger partial charge in [-0.3, -0.25) is 14.9 Å². The van der Waals surface area contributed by atoms with Gasteiger partial charge in [0.1, 0.15) is 5.75 Å². The molecule has 0 aromatic heterocycles. The highest BCUT2D eigenvalue weighted by molar-refractivity contribution is 5.91. The van der Waals surface area contributed by atoms with Crippen molar-refractivity contribution in [1.29, 1.82) is 0 Å². The lowest BCUT2D eigenvalue weighted by Crippen LogP contribution is -2.25. The summed E-state index contributed by atoms with van der Waals surface area (Å²) in [5, 5.41) is 17.6.